The number of urea groups is 1. The molecule has 5 heterocycles. The predicted octanol–water partition coefficient (Wildman–Crippen LogP) is 1.10. The van der Waals surface area contributed by atoms with E-state index < -0.39 is 30.6 Å². The van der Waals surface area contributed by atoms with E-state index in [-0.39, 0.29) is 49.0 Å². The zero-order valence-corrected chi connectivity index (χ0v) is 27.4. The molecule has 2 saturated heterocycles. The molecule has 2 aromatic carbocycles. The quantitative estimate of drug-likeness (QED) is 0.0910. The van der Waals surface area contributed by atoms with Crippen LogP contribution < -0.4 is 20.9 Å². The van der Waals surface area contributed by atoms with Crippen LogP contribution in [0, 0.1) is 0 Å². The molecule has 0 bridgehead atoms. The second-order valence-corrected chi connectivity index (χ2v) is 12.6. The first-order valence-corrected chi connectivity index (χ1v) is 16.6. The molecule has 1 unspecified atom stereocenters. The van der Waals surface area contributed by atoms with E-state index in [1.807, 2.05) is 35.2 Å². The van der Waals surface area contributed by atoms with E-state index >= 15 is 0 Å². The number of rotatable bonds is 12. The Bertz CT molecular complexity index is 1960. The highest BCUT2D eigenvalue weighted by Gasteiger charge is 2.47. The van der Waals surface area contributed by atoms with Gasteiger partial charge < -0.3 is 55.6 Å². The van der Waals surface area contributed by atoms with Gasteiger partial charge in [-0.25, -0.2) is 9.78 Å². The Kier molecular flexibility index (Phi) is 9.96. The molecule has 268 valence electrons. The van der Waals surface area contributed by atoms with Crippen LogP contribution in [0.5, 0.6) is 5.75 Å². The van der Waals surface area contributed by atoms with E-state index in [1.165, 1.54) is 17.0 Å². The number of nitrogens with one attached hydrogen (secondary N) is 3. The number of carbonyl (C=O) groups is 1. The summed E-state index contributed by atoms with van der Waals surface area (Å²) in [5.74, 6) is 0.926. The highest BCUT2D eigenvalue weighted by Crippen LogP contribution is 2.40. The molecule has 7 rings (SSSR count). The summed E-state index contributed by atoms with van der Waals surface area (Å²) in [6.45, 7) is 0.596. The molecular weight excluding hydrogens is 662 g/mol. The maximum Gasteiger partial charge on any atom is 0.315 e. The van der Waals surface area contributed by atoms with Crippen LogP contribution in [0.3, 0.4) is 0 Å². The van der Waals surface area contributed by atoms with Gasteiger partial charge in [-0.05, 0) is 36.1 Å². The number of amides is 2. The average Bonchev–Trinajstić information content (AvgIpc) is 3.95. The van der Waals surface area contributed by atoms with Gasteiger partial charge in [-0.3, -0.25) is 4.57 Å². The Balaban J connectivity index is 1.14. The number of phenols is 1. The van der Waals surface area contributed by atoms with Crippen molar-refractivity contribution in [3.8, 4) is 5.75 Å². The first kappa shape index (κ1) is 34.1. The monoisotopic (exact) mass is 701 g/mol. The molecule has 2 aliphatic rings. The van der Waals surface area contributed by atoms with Gasteiger partial charge in [0.2, 0.25) is 5.95 Å². The summed E-state index contributed by atoms with van der Waals surface area (Å²) in [6, 6.07) is 16.8. The lowest BCUT2D eigenvalue weighted by Gasteiger charge is -2.22. The Hall–Kier alpha value is -5.33. The second kappa shape index (κ2) is 14.9. The molecule has 0 aliphatic carbocycles. The molecule has 0 radical (unpaired) electrons. The molecule has 0 spiro atoms. The summed E-state index contributed by atoms with van der Waals surface area (Å²) < 4.78 is 12.9. The van der Waals surface area contributed by atoms with Crippen LogP contribution in [-0.2, 0) is 24.3 Å². The zero-order valence-electron chi connectivity index (χ0n) is 27.4. The van der Waals surface area contributed by atoms with Gasteiger partial charge in [0.15, 0.2) is 29.0 Å². The first-order valence-electron chi connectivity index (χ1n) is 16.6. The molecule has 3 aromatic heterocycles. The zero-order chi connectivity index (χ0) is 35.5. The van der Waals surface area contributed by atoms with Crippen molar-refractivity contribution in [2.45, 2.75) is 62.6 Å². The molecule has 5 aromatic rings. The van der Waals surface area contributed by atoms with Crippen LogP contribution in [0.25, 0.3) is 11.2 Å². The summed E-state index contributed by atoms with van der Waals surface area (Å²) >= 11 is 0. The third-order valence-electron chi connectivity index (χ3n) is 9.00. The SMILES string of the molecule is O=C(NCc1cccc(O)c1)NC1CCN(c2nc(N[C@H](CO)Cc3ccccc3)c3ncn([C@@H]4O[C@H](c5cc(CO)no5)[C@@H](O)[C@H]4O)c3n2)C1. The summed E-state index contributed by atoms with van der Waals surface area (Å²) in [5, 5.41) is 64.4. The third-order valence-corrected chi connectivity index (χ3v) is 9.00. The molecule has 0 saturated carbocycles. The molecule has 6 atom stereocenters. The number of anilines is 2. The van der Waals surface area contributed by atoms with Gasteiger partial charge in [0.05, 0.1) is 25.6 Å². The van der Waals surface area contributed by atoms with Crippen LogP contribution in [0.1, 0.15) is 41.3 Å². The number of nitrogens with zero attached hydrogens (tertiary/aromatic N) is 6. The number of carbonyl (C=O) groups excluding carboxylic acids is 1. The van der Waals surface area contributed by atoms with Gasteiger partial charge in [-0.2, -0.15) is 9.97 Å². The minimum Gasteiger partial charge on any atom is -0.508 e. The topological polar surface area (TPSA) is 236 Å². The number of benzene rings is 2. The van der Waals surface area contributed by atoms with Crippen molar-refractivity contribution in [3.05, 3.63) is 89.6 Å². The van der Waals surface area contributed by atoms with Gasteiger partial charge in [-0.1, -0.05) is 47.6 Å². The van der Waals surface area contributed by atoms with E-state index in [2.05, 4.69) is 26.1 Å². The lowest BCUT2D eigenvalue weighted by Crippen LogP contribution is -2.43. The van der Waals surface area contributed by atoms with Gasteiger partial charge >= 0.3 is 6.03 Å². The van der Waals surface area contributed by atoms with E-state index in [0.29, 0.717) is 48.9 Å². The second-order valence-electron chi connectivity index (χ2n) is 12.6. The van der Waals surface area contributed by atoms with Gasteiger partial charge in [0.1, 0.15) is 29.8 Å². The number of aliphatic hydroxyl groups excluding tert-OH is 4. The van der Waals surface area contributed by atoms with Crippen LogP contribution in [-0.4, -0.2) is 100 Å². The Morgan fingerprint density at radius 2 is 1.84 bits per heavy atom. The first-order chi connectivity index (χ1) is 24.8. The smallest absolute Gasteiger partial charge is 0.315 e. The van der Waals surface area contributed by atoms with E-state index in [9.17, 15) is 30.3 Å². The number of fused-ring (bicyclic) bond motifs is 1. The predicted molar refractivity (Wildman–Crippen MR) is 181 cm³/mol. The number of phenolic OH excluding ortho intramolecular Hbond substituents is 1. The molecular formula is C34H39N9O8. The van der Waals surface area contributed by atoms with E-state index in [4.69, 9.17) is 19.2 Å². The van der Waals surface area contributed by atoms with E-state index in [0.717, 1.165) is 11.1 Å². The highest BCUT2D eigenvalue weighted by molar-refractivity contribution is 5.85. The maximum atomic E-state index is 12.7. The molecule has 17 nitrogen and oxygen atoms in total. The van der Waals surface area contributed by atoms with Crippen LogP contribution in [0.2, 0.25) is 0 Å². The van der Waals surface area contributed by atoms with Crippen LogP contribution in [0.15, 0.2) is 71.5 Å². The fourth-order valence-corrected chi connectivity index (χ4v) is 6.39. The standard InChI is InChI=1S/C34H39N9O8/c44-16-22(11-19-5-2-1-3-6-19)37-30-26-31(43(18-36-26)32-28(48)27(47)29(50-32)25-13-23(17-45)41-51-25)40-33(39-30)42-10-9-21(15-42)38-34(49)35-14-20-7-4-8-24(46)12-20/h1-8,12-13,18,21-22,27-29,32,44-48H,9-11,14-17H2,(H2,35,38,49)(H,37,39,40)/t21?,22-,27-,28+,29+,32+/m0/s1. The van der Waals surface area contributed by atoms with Crippen LogP contribution in [0.4, 0.5) is 16.6 Å². The largest absolute Gasteiger partial charge is 0.508 e. The minimum atomic E-state index is -1.41. The summed E-state index contributed by atoms with van der Waals surface area (Å²) in [5.41, 5.74) is 2.67. The Morgan fingerprint density at radius 1 is 1.02 bits per heavy atom. The van der Waals surface area contributed by atoms with Gasteiger partial charge in [0, 0.05) is 31.7 Å². The van der Waals surface area contributed by atoms with Crippen LogP contribution >= 0.6 is 0 Å². The van der Waals surface area contributed by atoms with E-state index in [1.54, 1.807) is 24.3 Å². The van der Waals surface area contributed by atoms with Crippen molar-refractivity contribution >= 4 is 29.0 Å². The summed E-state index contributed by atoms with van der Waals surface area (Å²) in [4.78, 5) is 28.9. The average molecular weight is 702 g/mol. The van der Waals surface area contributed by atoms with Crippen molar-refractivity contribution in [1.29, 1.82) is 0 Å². The summed E-state index contributed by atoms with van der Waals surface area (Å²) in [7, 11) is 0. The number of hydrogen-bond donors (Lipinski definition) is 8. The Morgan fingerprint density at radius 3 is 2.61 bits per heavy atom. The Labute approximate surface area is 291 Å². The normalized spacial score (nSPS) is 22.4. The molecule has 2 amide bonds. The number of imidazole rings is 1. The highest BCUT2D eigenvalue weighted by atomic mass is 16.6. The number of hydrogen-bond acceptors (Lipinski definition) is 14. The lowest BCUT2D eigenvalue weighted by atomic mass is 10.1. The number of ether oxygens (including phenoxy) is 1. The van der Waals surface area contributed by atoms with Gasteiger partial charge in [-0.15, -0.1) is 0 Å². The molecule has 2 aliphatic heterocycles. The van der Waals surface area contributed by atoms with Crippen molar-refractivity contribution in [2.75, 3.05) is 29.9 Å². The van der Waals surface area contributed by atoms with Crippen molar-refractivity contribution in [1.82, 2.24) is 35.3 Å². The fourth-order valence-electron chi connectivity index (χ4n) is 6.39. The minimum absolute atomic E-state index is 0.121. The van der Waals surface area contributed by atoms with Crippen molar-refractivity contribution < 1.29 is 39.6 Å². The summed E-state index contributed by atoms with van der Waals surface area (Å²) in [6.07, 6.45) is -2.46. The molecule has 17 heteroatoms. The van der Waals surface area contributed by atoms with Gasteiger partial charge in [0.25, 0.3) is 0 Å². The van der Waals surface area contributed by atoms with Crippen molar-refractivity contribution in [2.24, 2.45) is 0 Å². The number of aromatic nitrogens is 5. The lowest BCUT2D eigenvalue weighted by molar-refractivity contribution is -0.0434. The molecule has 2 fully saturated rings. The number of aromatic hydroxyl groups is 1. The fraction of sp³-hybridized carbons (Fsp3) is 0.382. The molecule has 8 N–H and O–H groups in total. The van der Waals surface area contributed by atoms with Crippen molar-refractivity contribution in [3.63, 3.8) is 0 Å². The maximum absolute atomic E-state index is 12.7. The third kappa shape index (κ3) is 7.42. The number of aliphatic hydroxyl groups is 4. The molecule has 51 heavy (non-hydrogen) atoms.